The normalized spacial score (nSPS) is 25.1. The predicted octanol–water partition coefficient (Wildman–Crippen LogP) is 3.34. The molecule has 2 saturated heterocycles. The van der Waals surface area contributed by atoms with Gasteiger partial charge in [-0.05, 0) is 17.7 Å². The minimum absolute atomic E-state index is 0.123. The Hall–Kier alpha value is -2.20. The van der Waals surface area contributed by atoms with Crippen molar-refractivity contribution >= 4 is 23.8 Å². The van der Waals surface area contributed by atoms with Crippen molar-refractivity contribution in [2.45, 2.75) is 43.4 Å². The van der Waals surface area contributed by atoms with Gasteiger partial charge in [0.2, 0.25) is 0 Å². The zero-order chi connectivity index (χ0) is 20.8. The highest BCUT2D eigenvalue weighted by Crippen LogP contribution is 2.35. The average Bonchev–Trinajstić information content (AvgIpc) is 2.96. The molecule has 1 aromatic rings. The molecule has 29 heavy (non-hydrogen) atoms. The molecule has 1 spiro atoms. The van der Waals surface area contributed by atoms with Crippen LogP contribution in [-0.2, 0) is 27.0 Å². The van der Waals surface area contributed by atoms with Crippen molar-refractivity contribution in [2.75, 3.05) is 19.7 Å². The van der Waals surface area contributed by atoms with Crippen molar-refractivity contribution < 1.29 is 37.0 Å². The van der Waals surface area contributed by atoms with E-state index in [0.29, 0.717) is 31.5 Å². The van der Waals surface area contributed by atoms with Crippen molar-refractivity contribution in [3.05, 3.63) is 34.3 Å². The molecule has 0 aromatic heterocycles. The number of alkyl halides is 3. The Morgan fingerprint density at radius 2 is 2.03 bits per heavy atom. The fourth-order valence-corrected chi connectivity index (χ4v) is 3.85. The summed E-state index contributed by atoms with van der Waals surface area (Å²) in [6, 6.07) is 3.51. The Balaban J connectivity index is 1.16. The number of alkyl carbamates (subject to hydrolysis) is 1. The van der Waals surface area contributed by atoms with Gasteiger partial charge < -0.3 is 24.4 Å². The minimum Gasteiger partial charge on any atom is -0.447 e. The molecule has 1 aromatic carbocycles. The van der Waals surface area contributed by atoms with Crippen LogP contribution in [0.15, 0.2) is 18.2 Å². The zero-order valence-corrected chi connectivity index (χ0v) is 15.9. The number of carbonyl (C=O) groups excluding carboxylic acids is 2. The van der Waals surface area contributed by atoms with Crippen molar-refractivity contribution in [1.82, 2.24) is 10.2 Å². The molecular formula is C18H18ClF3N2O5. The van der Waals surface area contributed by atoms with Crippen LogP contribution in [0.3, 0.4) is 0 Å². The summed E-state index contributed by atoms with van der Waals surface area (Å²) in [7, 11) is 0. The van der Waals surface area contributed by atoms with Crippen LogP contribution < -0.4 is 5.32 Å². The third-order valence-electron chi connectivity index (χ3n) is 5.24. The van der Waals surface area contributed by atoms with Crippen LogP contribution in [0.2, 0.25) is 5.02 Å². The van der Waals surface area contributed by atoms with Gasteiger partial charge in [-0.15, -0.1) is 0 Å². The quantitative estimate of drug-likeness (QED) is 0.786. The van der Waals surface area contributed by atoms with Gasteiger partial charge in [-0.25, -0.2) is 9.59 Å². The van der Waals surface area contributed by atoms with Crippen LogP contribution in [0.4, 0.5) is 22.8 Å². The van der Waals surface area contributed by atoms with E-state index in [1.54, 1.807) is 0 Å². The number of nitrogens with zero attached hydrogens (tertiary/aromatic N) is 1. The number of nitrogens with one attached hydrogen (secondary N) is 1. The van der Waals surface area contributed by atoms with Crippen LogP contribution in [0.25, 0.3) is 0 Å². The Bertz CT molecular complexity index is 822. The van der Waals surface area contributed by atoms with Crippen molar-refractivity contribution in [2.24, 2.45) is 0 Å². The second-order valence-corrected chi connectivity index (χ2v) is 7.97. The second-order valence-electron chi connectivity index (χ2n) is 7.56. The molecular weight excluding hydrogens is 417 g/mol. The monoisotopic (exact) mass is 434 g/mol. The van der Waals surface area contributed by atoms with Gasteiger partial charge in [-0.3, -0.25) is 0 Å². The van der Waals surface area contributed by atoms with Crippen molar-refractivity contribution in [1.29, 1.82) is 0 Å². The molecule has 1 N–H and O–H groups in total. The maximum absolute atomic E-state index is 12.7. The third-order valence-corrected chi connectivity index (χ3v) is 5.55. The van der Waals surface area contributed by atoms with Crippen molar-refractivity contribution in [3.8, 4) is 0 Å². The van der Waals surface area contributed by atoms with E-state index in [1.165, 1.54) is 17.0 Å². The molecule has 3 fully saturated rings. The van der Waals surface area contributed by atoms with Gasteiger partial charge in [0.05, 0.1) is 36.4 Å². The lowest BCUT2D eigenvalue weighted by Crippen LogP contribution is -2.70. The number of ether oxygens (including phenoxy) is 3. The Labute approximate surface area is 169 Å². The molecule has 0 radical (unpaired) electrons. The van der Waals surface area contributed by atoms with E-state index in [9.17, 15) is 22.8 Å². The lowest BCUT2D eigenvalue weighted by molar-refractivity contribution is -0.137. The fraction of sp³-hybridized carbons (Fsp3) is 0.556. The molecule has 7 nitrogen and oxygen atoms in total. The van der Waals surface area contributed by atoms with Crippen LogP contribution in [0.5, 0.6) is 0 Å². The van der Waals surface area contributed by atoms with Gasteiger partial charge in [-0.1, -0.05) is 17.7 Å². The van der Waals surface area contributed by atoms with E-state index in [-0.39, 0.29) is 30.4 Å². The first-order valence-electron chi connectivity index (χ1n) is 9.01. The zero-order valence-electron chi connectivity index (χ0n) is 15.1. The molecule has 158 valence electrons. The highest BCUT2D eigenvalue weighted by molar-refractivity contribution is 6.31. The first-order chi connectivity index (χ1) is 13.6. The summed E-state index contributed by atoms with van der Waals surface area (Å²) in [4.78, 5) is 24.7. The lowest BCUT2D eigenvalue weighted by atomic mass is 9.91. The molecule has 0 atom stereocenters. The molecule has 1 saturated carbocycles. The second kappa shape index (κ2) is 7.24. The Morgan fingerprint density at radius 3 is 2.62 bits per heavy atom. The summed E-state index contributed by atoms with van der Waals surface area (Å²) >= 11 is 5.69. The van der Waals surface area contributed by atoms with E-state index in [4.69, 9.17) is 25.8 Å². The number of benzene rings is 1. The van der Waals surface area contributed by atoms with Crippen molar-refractivity contribution in [3.63, 3.8) is 0 Å². The highest BCUT2D eigenvalue weighted by atomic mass is 35.5. The summed E-state index contributed by atoms with van der Waals surface area (Å²) in [5.74, 6) is 0. The Kier molecular flexibility index (Phi) is 5.02. The summed E-state index contributed by atoms with van der Waals surface area (Å²) < 4.78 is 54.0. The number of hydrogen-bond acceptors (Lipinski definition) is 5. The SMILES string of the molecule is O=C1NC2(CO1)CN(C(=O)OC1CC(OCc3ccc(C(F)(F)F)c(Cl)c3)C1)C2. The Morgan fingerprint density at radius 1 is 1.31 bits per heavy atom. The molecule has 11 heteroatoms. The molecule has 2 amide bonds. The lowest BCUT2D eigenvalue weighted by Gasteiger charge is -2.46. The van der Waals surface area contributed by atoms with Crippen LogP contribution in [0, 0.1) is 0 Å². The van der Waals surface area contributed by atoms with E-state index in [0.717, 1.165) is 6.07 Å². The number of cyclic esters (lactones) is 1. The number of amides is 2. The van der Waals surface area contributed by atoms with E-state index in [2.05, 4.69) is 5.32 Å². The molecule has 2 aliphatic heterocycles. The van der Waals surface area contributed by atoms with Crippen LogP contribution in [0.1, 0.15) is 24.0 Å². The molecule has 0 unspecified atom stereocenters. The number of hydrogen-bond donors (Lipinski definition) is 1. The van der Waals surface area contributed by atoms with Gasteiger partial charge in [0.1, 0.15) is 18.2 Å². The van der Waals surface area contributed by atoms with Crippen LogP contribution in [-0.4, -0.2) is 54.5 Å². The number of halogens is 4. The maximum Gasteiger partial charge on any atom is 0.417 e. The third kappa shape index (κ3) is 4.23. The van der Waals surface area contributed by atoms with E-state index >= 15 is 0 Å². The average molecular weight is 435 g/mol. The predicted molar refractivity (Wildman–Crippen MR) is 93.3 cm³/mol. The largest absolute Gasteiger partial charge is 0.447 e. The first-order valence-corrected chi connectivity index (χ1v) is 9.39. The summed E-state index contributed by atoms with van der Waals surface area (Å²) in [5.41, 5.74) is -0.838. The summed E-state index contributed by atoms with van der Waals surface area (Å²) in [6.45, 7) is 1.05. The van der Waals surface area contributed by atoms with Gasteiger partial charge >= 0.3 is 18.4 Å². The molecule has 4 rings (SSSR count). The van der Waals surface area contributed by atoms with Gasteiger partial charge in [0.25, 0.3) is 0 Å². The van der Waals surface area contributed by atoms with E-state index in [1.807, 2.05) is 0 Å². The fourth-order valence-electron chi connectivity index (χ4n) is 3.54. The first kappa shape index (κ1) is 20.1. The van der Waals surface area contributed by atoms with E-state index < -0.39 is 29.5 Å². The molecule has 0 bridgehead atoms. The van der Waals surface area contributed by atoms with Crippen LogP contribution >= 0.6 is 11.6 Å². The van der Waals surface area contributed by atoms with Gasteiger partial charge in [0, 0.05) is 12.8 Å². The number of likely N-dealkylation sites (tertiary alicyclic amines) is 1. The number of rotatable bonds is 4. The highest BCUT2D eigenvalue weighted by Gasteiger charge is 2.52. The molecule has 2 heterocycles. The summed E-state index contributed by atoms with van der Waals surface area (Å²) in [5, 5.41) is 2.32. The maximum atomic E-state index is 12.7. The number of carbonyl (C=O) groups is 2. The standard InChI is InChI=1S/C18H18ClF3N2O5/c19-14-3-10(1-2-13(14)18(20,21)22)6-27-11-4-12(5-11)29-16(26)24-7-17(8-24)9-28-15(25)23-17/h1-3,11-12H,4-9H2,(H,23,25). The smallest absolute Gasteiger partial charge is 0.417 e. The molecule has 3 aliphatic rings. The molecule has 1 aliphatic carbocycles. The van der Waals surface area contributed by atoms with Gasteiger partial charge in [0.15, 0.2) is 0 Å². The topological polar surface area (TPSA) is 77.1 Å². The van der Waals surface area contributed by atoms with Gasteiger partial charge in [-0.2, -0.15) is 13.2 Å². The summed E-state index contributed by atoms with van der Waals surface area (Å²) in [6.07, 6.45) is -4.80. The minimum atomic E-state index is -4.49.